The van der Waals surface area contributed by atoms with Gasteiger partial charge in [0, 0.05) is 32.4 Å². The molecule has 0 bridgehead atoms. The summed E-state index contributed by atoms with van der Waals surface area (Å²) in [7, 11) is -3.60. The van der Waals surface area contributed by atoms with Gasteiger partial charge >= 0.3 is 0 Å². The number of nitrogens with one attached hydrogen (secondary N) is 1. The third kappa shape index (κ3) is 4.06. The minimum atomic E-state index is -3.60. The number of halogens is 1. The molecule has 8 heteroatoms. The molecule has 0 aliphatic carbocycles. The first-order valence-electron chi connectivity index (χ1n) is 8.39. The monoisotopic (exact) mass is 384 g/mol. The number of piperazine rings is 1. The predicted octanol–water partition coefficient (Wildman–Crippen LogP) is 2.22. The highest BCUT2D eigenvalue weighted by molar-refractivity contribution is 7.89. The van der Waals surface area contributed by atoms with E-state index in [-0.39, 0.29) is 23.5 Å². The highest BCUT2D eigenvalue weighted by Crippen LogP contribution is 2.28. The van der Waals surface area contributed by atoms with Crippen LogP contribution in [-0.2, 0) is 23.0 Å². The standard InChI is InChI=1S/C17H24N4O2S.ClH/c1-3-14-5-7-15(8-6-14)16-11-18-9-10-21(16)24(22,23)17-12-20(4-2)13-19-17;/h5-8,12-13,16,18H,3-4,9-11H2,1-2H3;1H. The Labute approximate surface area is 155 Å². The van der Waals surface area contributed by atoms with Gasteiger partial charge in [-0.25, -0.2) is 13.4 Å². The summed E-state index contributed by atoms with van der Waals surface area (Å²) in [5, 5.41) is 3.43. The first-order chi connectivity index (χ1) is 11.6. The summed E-state index contributed by atoms with van der Waals surface area (Å²) in [6.45, 7) is 6.48. The van der Waals surface area contributed by atoms with Crippen LogP contribution in [0.1, 0.15) is 31.0 Å². The third-order valence-corrected chi connectivity index (χ3v) is 6.31. The molecule has 2 aromatic rings. The molecular weight excluding hydrogens is 360 g/mol. The number of aromatic nitrogens is 2. The quantitative estimate of drug-likeness (QED) is 0.858. The maximum Gasteiger partial charge on any atom is 0.262 e. The number of imidazole rings is 1. The topological polar surface area (TPSA) is 67.2 Å². The van der Waals surface area contributed by atoms with Crippen LogP contribution in [0.25, 0.3) is 0 Å². The van der Waals surface area contributed by atoms with E-state index in [2.05, 4.69) is 29.4 Å². The number of aryl methyl sites for hydroxylation is 2. The molecule has 25 heavy (non-hydrogen) atoms. The number of hydrogen-bond donors (Lipinski definition) is 1. The highest BCUT2D eigenvalue weighted by atomic mass is 35.5. The Hall–Kier alpha value is -1.41. The fraction of sp³-hybridized carbons (Fsp3) is 0.471. The van der Waals surface area contributed by atoms with Gasteiger partial charge in [-0.3, -0.25) is 0 Å². The molecule has 138 valence electrons. The normalized spacial score (nSPS) is 18.7. The van der Waals surface area contributed by atoms with Gasteiger partial charge in [-0.05, 0) is 24.5 Å². The molecule has 0 spiro atoms. The van der Waals surface area contributed by atoms with Gasteiger partial charge in [0.15, 0.2) is 5.03 Å². The summed E-state index contributed by atoms with van der Waals surface area (Å²) in [4.78, 5) is 4.10. The average Bonchev–Trinajstić information content (AvgIpc) is 3.12. The van der Waals surface area contributed by atoms with Crippen LogP contribution < -0.4 is 5.32 Å². The second-order valence-electron chi connectivity index (χ2n) is 5.97. The summed E-state index contributed by atoms with van der Waals surface area (Å²) in [5.74, 6) is 0. The van der Waals surface area contributed by atoms with Crippen LogP contribution in [0.2, 0.25) is 0 Å². The molecule has 1 aliphatic heterocycles. The van der Waals surface area contributed by atoms with Gasteiger partial charge in [0.1, 0.15) is 0 Å². The van der Waals surface area contributed by atoms with Gasteiger partial charge in [0.05, 0.1) is 12.4 Å². The maximum atomic E-state index is 13.0. The summed E-state index contributed by atoms with van der Waals surface area (Å²) in [6, 6.07) is 8.00. The van der Waals surface area contributed by atoms with Gasteiger partial charge in [0.25, 0.3) is 10.0 Å². The average molecular weight is 385 g/mol. The second kappa shape index (κ2) is 8.31. The van der Waals surface area contributed by atoms with Crippen LogP contribution in [0.15, 0.2) is 41.8 Å². The van der Waals surface area contributed by atoms with E-state index < -0.39 is 10.0 Å². The van der Waals surface area contributed by atoms with Crippen molar-refractivity contribution in [3.05, 3.63) is 47.9 Å². The van der Waals surface area contributed by atoms with Gasteiger partial charge in [-0.2, -0.15) is 4.31 Å². The van der Waals surface area contributed by atoms with E-state index in [9.17, 15) is 8.42 Å². The highest BCUT2D eigenvalue weighted by Gasteiger charge is 2.35. The predicted molar refractivity (Wildman–Crippen MR) is 100 cm³/mol. The van der Waals surface area contributed by atoms with Crippen molar-refractivity contribution in [2.24, 2.45) is 0 Å². The number of hydrogen-bond acceptors (Lipinski definition) is 4. The first-order valence-corrected chi connectivity index (χ1v) is 9.83. The van der Waals surface area contributed by atoms with Gasteiger partial charge in [0.2, 0.25) is 0 Å². The van der Waals surface area contributed by atoms with Crippen molar-refractivity contribution < 1.29 is 8.42 Å². The lowest BCUT2D eigenvalue weighted by Gasteiger charge is -2.35. The van der Waals surface area contributed by atoms with Gasteiger partial charge in [-0.15, -0.1) is 12.4 Å². The molecule has 6 nitrogen and oxygen atoms in total. The van der Waals surface area contributed by atoms with E-state index >= 15 is 0 Å². The van der Waals surface area contributed by atoms with Crippen LogP contribution in [-0.4, -0.2) is 41.9 Å². The smallest absolute Gasteiger partial charge is 0.262 e. The molecule has 0 saturated carbocycles. The zero-order valence-corrected chi connectivity index (χ0v) is 16.2. The lowest BCUT2D eigenvalue weighted by molar-refractivity contribution is 0.271. The van der Waals surface area contributed by atoms with Crippen LogP contribution in [0.4, 0.5) is 0 Å². The molecule has 1 aromatic heterocycles. The SMILES string of the molecule is CCc1ccc(C2CNCCN2S(=O)(=O)c2cn(CC)cn2)cc1.Cl. The minimum Gasteiger partial charge on any atom is -0.336 e. The lowest BCUT2D eigenvalue weighted by atomic mass is 10.0. The maximum absolute atomic E-state index is 13.0. The van der Waals surface area contributed by atoms with E-state index in [4.69, 9.17) is 0 Å². The van der Waals surface area contributed by atoms with Crippen molar-refractivity contribution in [3.8, 4) is 0 Å². The molecule has 1 aliphatic rings. The minimum absolute atomic E-state index is 0. The summed E-state index contributed by atoms with van der Waals surface area (Å²) in [6.07, 6.45) is 4.15. The number of rotatable bonds is 5. The molecule has 1 atom stereocenters. The van der Waals surface area contributed by atoms with Crippen molar-refractivity contribution in [1.82, 2.24) is 19.2 Å². The molecule has 1 saturated heterocycles. The molecule has 2 heterocycles. The number of sulfonamides is 1. The molecule has 3 rings (SSSR count). The van der Waals surface area contributed by atoms with Crippen LogP contribution >= 0.6 is 12.4 Å². The largest absolute Gasteiger partial charge is 0.336 e. The van der Waals surface area contributed by atoms with Gasteiger partial charge < -0.3 is 9.88 Å². The lowest BCUT2D eigenvalue weighted by Crippen LogP contribution is -2.48. The van der Waals surface area contributed by atoms with Gasteiger partial charge in [-0.1, -0.05) is 31.2 Å². The first kappa shape index (κ1) is 19.9. The van der Waals surface area contributed by atoms with E-state index in [1.165, 1.54) is 5.56 Å². The Morgan fingerprint density at radius 2 is 1.96 bits per heavy atom. The Morgan fingerprint density at radius 1 is 1.24 bits per heavy atom. The van der Waals surface area contributed by atoms with Crippen molar-refractivity contribution in [2.75, 3.05) is 19.6 Å². The van der Waals surface area contributed by atoms with Crippen LogP contribution in [0.3, 0.4) is 0 Å². The van der Waals surface area contributed by atoms with Crippen molar-refractivity contribution in [1.29, 1.82) is 0 Å². The molecule has 0 radical (unpaired) electrons. The van der Waals surface area contributed by atoms with Crippen molar-refractivity contribution in [3.63, 3.8) is 0 Å². The third-order valence-electron chi connectivity index (χ3n) is 4.51. The molecular formula is C17H25ClN4O2S. The zero-order valence-electron chi connectivity index (χ0n) is 14.6. The fourth-order valence-electron chi connectivity index (χ4n) is 3.00. The molecule has 0 amide bonds. The molecule has 1 unspecified atom stereocenters. The second-order valence-corrected chi connectivity index (χ2v) is 7.81. The Bertz CT molecular complexity index is 789. The summed E-state index contributed by atoms with van der Waals surface area (Å²) < 4.78 is 29.4. The Kier molecular flexibility index (Phi) is 6.62. The van der Waals surface area contributed by atoms with Crippen molar-refractivity contribution in [2.45, 2.75) is 37.9 Å². The zero-order chi connectivity index (χ0) is 17.2. The number of nitrogens with zero attached hydrogens (tertiary/aromatic N) is 3. The fourth-order valence-corrected chi connectivity index (χ4v) is 4.55. The molecule has 1 aromatic carbocycles. The van der Waals surface area contributed by atoms with E-state index in [1.807, 2.05) is 19.1 Å². The summed E-state index contributed by atoms with van der Waals surface area (Å²) >= 11 is 0. The van der Waals surface area contributed by atoms with Crippen LogP contribution in [0, 0.1) is 0 Å². The van der Waals surface area contributed by atoms with Crippen LogP contribution in [0.5, 0.6) is 0 Å². The Balaban J connectivity index is 0.00000225. The number of benzene rings is 1. The van der Waals surface area contributed by atoms with E-state index in [0.717, 1.165) is 12.0 Å². The molecule has 1 fully saturated rings. The van der Waals surface area contributed by atoms with E-state index in [0.29, 0.717) is 26.2 Å². The summed E-state index contributed by atoms with van der Waals surface area (Å²) in [5.41, 5.74) is 2.26. The van der Waals surface area contributed by atoms with Crippen molar-refractivity contribution >= 4 is 22.4 Å². The Morgan fingerprint density at radius 3 is 2.56 bits per heavy atom. The van der Waals surface area contributed by atoms with E-state index in [1.54, 1.807) is 21.4 Å². The molecule has 1 N–H and O–H groups in total.